The summed E-state index contributed by atoms with van der Waals surface area (Å²) in [5.74, 6) is -3.77. The van der Waals surface area contributed by atoms with Gasteiger partial charge in [0.2, 0.25) is 0 Å². The Labute approximate surface area is 200 Å². The molecule has 0 aliphatic carbocycles. The fourth-order valence-corrected chi connectivity index (χ4v) is 3.20. The summed E-state index contributed by atoms with van der Waals surface area (Å²) < 4.78 is 73.4. The zero-order chi connectivity index (χ0) is 25.2. The van der Waals surface area contributed by atoms with Gasteiger partial charge in [-0.25, -0.2) is 13.8 Å². The lowest BCUT2D eigenvalue weighted by molar-refractivity contribution is -0.189. The predicted molar refractivity (Wildman–Crippen MR) is 116 cm³/mol. The first-order valence-corrected chi connectivity index (χ1v) is 10.3. The van der Waals surface area contributed by atoms with Crippen LogP contribution in [-0.2, 0) is 6.61 Å². The van der Waals surface area contributed by atoms with Crippen molar-refractivity contribution in [3.05, 3.63) is 75.4 Å². The quantitative estimate of drug-likeness (QED) is 0.368. The molecule has 2 aromatic carbocycles. The van der Waals surface area contributed by atoms with Crippen molar-refractivity contribution in [2.75, 3.05) is 5.32 Å². The number of alkyl halides is 3. The third kappa shape index (κ3) is 5.57. The Balaban J connectivity index is 2.11. The minimum Gasteiger partial charge on any atom is -0.480 e. The number of aromatic nitrogens is 1. The Morgan fingerprint density at radius 1 is 1.12 bits per heavy atom. The topological polar surface area (TPSA) is 71.5 Å². The molecule has 0 saturated carbocycles. The van der Waals surface area contributed by atoms with Crippen LogP contribution in [0, 0.1) is 11.6 Å². The van der Waals surface area contributed by atoms with Gasteiger partial charge < -0.3 is 15.2 Å². The van der Waals surface area contributed by atoms with Crippen molar-refractivity contribution in [3.63, 3.8) is 0 Å². The average molecular weight is 521 g/mol. The molecule has 1 atom stereocenters. The average Bonchev–Trinajstić information content (AvgIpc) is 2.77. The van der Waals surface area contributed by atoms with E-state index in [1.165, 1.54) is 24.3 Å². The van der Waals surface area contributed by atoms with Gasteiger partial charge >= 0.3 is 6.18 Å². The van der Waals surface area contributed by atoms with E-state index in [1.54, 1.807) is 0 Å². The SMILES string of the molecule is C[C@H](Oc1cc(-c2ccc(Cl)c(CO)n2)c(F)cc1C(=O)Nc1c(F)cccc1Cl)C(F)(F)F. The lowest BCUT2D eigenvalue weighted by atomic mass is 10.0. The molecule has 1 heterocycles. The van der Waals surface area contributed by atoms with Crippen LogP contribution in [0.1, 0.15) is 23.0 Å². The fourth-order valence-electron chi connectivity index (χ4n) is 2.83. The normalized spacial score (nSPS) is 12.4. The van der Waals surface area contributed by atoms with E-state index < -0.39 is 53.4 Å². The van der Waals surface area contributed by atoms with Crippen molar-refractivity contribution < 1.29 is 36.6 Å². The van der Waals surface area contributed by atoms with Gasteiger partial charge in [-0.15, -0.1) is 0 Å². The molecular formula is C22H15Cl2F5N2O3. The number of hydrogen-bond donors (Lipinski definition) is 2. The van der Waals surface area contributed by atoms with E-state index in [4.69, 9.17) is 27.9 Å². The molecule has 2 N–H and O–H groups in total. The Hall–Kier alpha value is -2.95. The van der Waals surface area contributed by atoms with Crippen LogP contribution < -0.4 is 10.1 Å². The van der Waals surface area contributed by atoms with Gasteiger partial charge in [-0.1, -0.05) is 29.3 Å². The summed E-state index contributed by atoms with van der Waals surface area (Å²) in [5, 5.41) is 11.4. The summed E-state index contributed by atoms with van der Waals surface area (Å²) >= 11 is 11.8. The summed E-state index contributed by atoms with van der Waals surface area (Å²) in [5.41, 5.74) is -1.50. The molecule has 0 aliphatic heterocycles. The molecule has 0 bridgehead atoms. The molecule has 0 unspecified atom stereocenters. The standard InChI is InChI=1S/C22H15Cl2F5N2O3/c1-10(22(27,28)29)34-19-8-11(17-6-5-13(23)18(9-32)30-17)16(26)7-12(19)21(33)31-20-14(24)3-2-4-15(20)25/h2-8,10,32H,9H2,1H3,(H,31,33)/t10-/m0/s1. The number of hydrogen-bond acceptors (Lipinski definition) is 4. The Morgan fingerprint density at radius 2 is 1.82 bits per heavy atom. The molecule has 12 heteroatoms. The molecule has 3 aromatic rings. The summed E-state index contributed by atoms with van der Waals surface area (Å²) in [7, 11) is 0. The summed E-state index contributed by atoms with van der Waals surface area (Å²) in [6.07, 6.45) is -7.18. The highest BCUT2D eigenvalue weighted by molar-refractivity contribution is 6.34. The number of ether oxygens (including phenoxy) is 1. The molecular weight excluding hydrogens is 506 g/mol. The number of carbonyl (C=O) groups is 1. The van der Waals surface area contributed by atoms with Crippen LogP contribution >= 0.6 is 23.2 Å². The van der Waals surface area contributed by atoms with Crippen molar-refractivity contribution in [2.45, 2.75) is 25.8 Å². The lowest BCUT2D eigenvalue weighted by Crippen LogP contribution is -2.32. The molecule has 0 saturated heterocycles. The third-order valence-corrected chi connectivity index (χ3v) is 5.28. The molecule has 180 valence electrons. The van der Waals surface area contributed by atoms with Gasteiger partial charge in [-0.05, 0) is 43.3 Å². The number of aliphatic hydroxyl groups is 1. The van der Waals surface area contributed by atoms with Gasteiger partial charge in [0, 0.05) is 5.56 Å². The number of nitrogens with one attached hydrogen (secondary N) is 1. The highest BCUT2D eigenvalue weighted by Crippen LogP contribution is 2.35. The number of nitrogens with zero attached hydrogens (tertiary/aromatic N) is 1. The van der Waals surface area contributed by atoms with Crippen molar-refractivity contribution in [2.24, 2.45) is 0 Å². The van der Waals surface area contributed by atoms with E-state index in [1.807, 2.05) is 0 Å². The van der Waals surface area contributed by atoms with Crippen LogP contribution in [0.25, 0.3) is 11.3 Å². The van der Waals surface area contributed by atoms with Crippen molar-refractivity contribution in [1.82, 2.24) is 4.98 Å². The molecule has 1 aromatic heterocycles. The van der Waals surface area contributed by atoms with E-state index in [9.17, 15) is 31.9 Å². The molecule has 0 spiro atoms. The van der Waals surface area contributed by atoms with Crippen LogP contribution in [0.2, 0.25) is 10.0 Å². The van der Waals surface area contributed by atoms with E-state index in [0.29, 0.717) is 13.0 Å². The number of halogens is 7. The zero-order valence-corrected chi connectivity index (χ0v) is 18.7. The number of benzene rings is 2. The van der Waals surface area contributed by atoms with Crippen LogP contribution in [0.15, 0.2) is 42.5 Å². The minimum atomic E-state index is -4.81. The summed E-state index contributed by atoms with van der Waals surface area (Å²) in [4.78, 5) is 16.8. The summed E-state index contributed by atoms with van der Waals surface area (Å²) in [6.45, 7) is 0.121. The number of carbonyl (C=O) groups excluding carboxylic acids is 1. The molecule has 0 fully saturated rings. The van der Waals surface area contributed by atoms with Crippen LogP contribution in [0.3, 0.4) is 0 Å². The van der Waals surface area contributed by atoms with Crippen molar-refractivity contribution in [3.8, 4) is 17.0 Å². The fraction of sp³-hybridized carbons (Fsp3) is 0.182. The van der Waals surface area contributed by atoms with Gasteiger partial charge in [-0.2, -0.15) is 13.2 Å². The maximum Gasteiger partial charge on any atom is 0.425 e. The first-order chi connectivity index (χ1) is 15.9. The summed E-state index contributed by atoms with van der Waals surface area (Å²) in [6, 6.07) is 7.63. The number of rotatable bonds is 6. The molecule has 34 heavy (non-hydrogen) atoms. The Bertz CT molecular complexity index is 1220. The Kier molecular flexibility index (Phi) is 7.64. The monoisotopic (exact) mass is 520 g/mol. The van der Waals surface area contributed by atoms with Crippen LogP contribution in [-0.4, -0.2) is 28.3 Å². The number of pyridine rings is 1. The van der Waals surface area contributed by atoms with Gasteiger partial charge in [0.1, 0.15) is 17.4 Å². The second-order valence-corrected chi connectivity index (χ2v) is 7.78. The maximum atomic E-state index is 15.0. The van der Waals surface area contributed by atoms with E-state index >= 15 is 0 Å². The predicted octanol–water partition coefficient (Wildman–Crippen LogP) is 6.41. The van der Waals surface area contributed by atoms with Crippen LogP contribution in [0.5, 0.6) is 5.75 Å². The van der Waals surface area contributed by atoms with Gasteiger partial charge in [0.05, 0.1) is 39.3 Å². The molecule has 1 amide bonds. The van der Waals surface area contributed by atoms with Gasteiger partial charge in [0.15, 0.2) is 6.10 Å². The molecule has 0 aliphatic rings. The van der Waals surface area contributed by atoms with E-state index in [2.05, 4.69) is 10.3 Å². The first kappa shape index (κ1) is 25.7. The van der Waals surface area contributed by atoms with Gasteiger partial charge in [0.25, 0.3) is 5.91 Å². The zero-order valence-electron chi connectivity index (χ0n) is 17.2. The molecule has 3 rings (SSSR count). The number of para-hydroxylation sites is 1. The largest absolute Gasteiger partial charge is 0.480 e. The Morgan fingerprint density at radius 3 is 2.44 bits per heavy atom. The number of anilines is 1. The highest BCUT2D eigenvalue weighted by atomic mass is 35.5. The van der Waals surface area contributed by atoms with Crippen molar-refractivity contribution >= 4 is 34.8 Å². The van der Waals surface area contributed by atoms with E-state index in [-0.39, 0.29) is 27.0 Å². The number of amides is 1. The van der Waals surface area contributed by atoms with Crippen molar-refractivity contribution in [1.29, 1.82) is 0 Å². The van der Waals surface area contributed by atoms with Gasteiger partial charge in [-0.3, -0.25) is 4.79 Å². The third-order valence-electron chi connectivity index (χ3n) is 4.62. The number of aliphatic hydroxyl groups excluding tert-OH is 1. The smallest absolute Gasteiger partial charge is 0.425 e. The molecule has 5 nitrogen and oxygen atoms in total. The van der Waals surface area contributed by atoms with Crippen LogP contribution in [0.4, 0.5) is 27.6 Å². The molecule has 0 radical (unpaired) electrons. The lowest BCUT2D eigenvalue weighted by Gasteiger charge is -2.21. The minimum absolute atomic E-state index is 0.000656. The second kappa shape index (κ2) is 10.1. The first-order valence-electron chi connectivity index (χ1n) is 9.51. The highest BCUT2D eigenvalue weighted by Gasteiger charge is 2.39. The maximum absolute atomic E-state index is 15.0. The van der Waals surface area contributed by atoms with E-state index in [0.717, 1.165) is 12.1 Å². The second-order valence-electron chi connectivity index (χ2n) is 6.96.